The molecule has 374 valence electrons. The molecule has 3 aromatic carbocycles. The van der Waals surface area contributed by atoms with Crippen molar-refractivity contribution in [2.75, 3.05) is 54.5 Å². The van der Waals surface area contributed by atoms with Gasteiger partial charge in [-0.3, -0.25) is 14.5 Å². The van der Waals surface area contributed by atoms with Crippen LogP contribution in [0.25, 0.3) is 32.7 Å². The normalized spacial score (nSPS) is 34.7. The van der Waals surface area contributed by atoms with E-state index in [1.807, 2.05) is 0 Å². The quantitative estimate of drug-likeness (QED) is 0.154. The molecule has 8 bridgehead atoms. The van der Waals surface area contributed by atoms with Crippen LogP contribution in [-0.2, 0) is 38.3 Å². The molecule has 8 heterocycles. The summed E-state index contributed by atoms with van der Waals surface area (Å²) in [7, 11) is 7.68. The first kappa shape index (κ1) is 45.9. The lowest BCUT2D eigenvalue weighted by molar-refractivity contribution is -0.156. The number of likely N-dealkylation sites (tertiary alicyclic amines) is 2. The average Bonchev–Trinajstić information content (AvgIpc) is 4.02. The number of aromatic amines is 2. The summed E-state index contributed by atoms with van der Waals surface area (Å²) in [4.78, 5) is 44.9. The molecule has 3 aliphatic carbocycles. The minimum atomic E-state index is -0.224. The summed E-state index contributed by atoms with van der Waals surface area (Å²) < 4.78 is 14.5. The summed E-state index contributed by atoms with van der Waals surface area (Å²) in [6.07, 6.45) is 10.2. The third-order valence-corrected chi connectivity index (χ3v) is 20.8. The molecule has 10 nitrogen and oxygen atoms in total. The number of methoxy groups -OCH3 is 2. The molecule has 6 aromatic rings. The Morgan fingerprint density at radius 2 is 1.24 bits per heavy atom. The van der Waals surface area contributed by atoms with Gasteiger partial charge < -0.3 is 33.8 Å². The van der Waals surface area contributed by atoms with Crippen molar-refractivity contribution >= 4 is 44.6 Å². The van der Waals surface area contributed by atoms with E-state index in [9.17, 15) is 9.59 Å². The van der Waals surface area contributed by atoms with Crippen LogP contribution in [-0.4, -0.2) is 114 Å². The third kappa shape index (κ3) is 6.95. The second kappa shape index (κ2) is 17.7. The lowest BCUT2D eigenvalue weighted by Gasteiger charge is -2.54. The highest BCUT2D eigenvalue weighted by Crippen LogP contribution is 2.56. The molecule has 5 fully saturated rings. The molecule has 0 spiro atoms. The minimum Gasteiger partial charge on any atom is -0.469 e. The number of aromatic nitrogens is 3. The standard InChI is InChI=1S/C61H76N6O4/c1-8-34-23-33-24-47-58(34)66(30-33)22-21-41-40-20-19-37(44-26-42-35(9-2)31-64(4)51(54(42)60(68)70-6)28-45-38-15-11-13-17-48(38)62-56(44)45)25-50(40)67(59(41)47)53-27-43-36(10-3)32-65(5)52(55(43)61(69)71-7)29-46-39-16-12-14-18-49(39)63-57(46)53/h11-20,25,33-36,42-44,47,51-55,58,62-63H,8-10,21-24,26-32H2,1-7H3/t33-,34+,35-,36-,42+,43+,44-,47-,51+,52+,53+,54+,55+,58+/m1/s1. The molecule has 0 amide bonds. The Kier molecular flexibility index (Phi) is 11.4. The van der Waals surface area contributed by atoms with Crippen molar-refractivity contribution in [3.63, 3.8) is 0 Å². The highest BCUT2D eigenvalue weighted by Gasteiger charge is 2.54. The Hall–Kier alpha value is -4.90. The molecule has 0 radical (unpaired) electrons. The number of ether oxygens (including phenoxy) is 2. The number of carbonyl (C=O) groups excluding carboxylic acids is 2. The number of benzene rings is 3. The number of carbonyl (C=O) groups is 2. The molecule has 5 aliphatic heterocycles. The SMILES string of the molecule is CC[C@@H]1CN(C)[C@H]2Cc3c([nH]c4ccccc34)[C@@H](c3ccc4c5c(n([C@H]6C[C@H]7[C@H](CC)CN(C)[C@@H](Cc8c6[nH]c6ccccc86)[C@H]7C(=O)OC)c4c3)[C@@H]3C[C@H]4C[C@H](CC)[C@@H]3N(CC5)C4)C[C@@H]1[C@@H]2C(=O)OC. The summed E-state index contributed by atoms with van der Waals surface area (Å²) in [5, 5.41) is 3.95. The monoisotopic (exact) mass is 957 g/mol. The van der Waals surface area contributed by atoms with E-state index in [0.29, 0.717) is 35.6 Å². The Balaban J connectivity index is 1.08. The number of hydrogen-bond donors (Lipinski definition) is 2. The van der Waals surface area contributed by atoms with Gasteiger partial charge in [-0.2, -0.15) is 0 Å². The molecule has 14 rings (SSSR count). The van der Waals surface area contributed by atoms with Gasteiger partial charge in [0.1, 0.15) is 0 Å². The second-order valence-electron chi connectivity index (χ2n) is 23.7. The van der Waals surface area contributed by atoms with E-state index in [2.05, 4.69) is 131 Å². The van der Waals surface area contributed by atoms with Crippen molar-refractivity contribution in [3.05, 3.63) is 106 Å². The first-order chi connectivity index (χ1) is 34.6. The fourth-order valence-electron chi connectivity index (χ4n) is 17.7. The van der Waals surface area contributed by atoms with E-state index in [0.717, 1.165) is 64.6 Å². The highest BCUT2D eigenvalue weighted by atomic mass is 16.5. The number of para-hydroxylation sites is 2. The van der Waals surface area contributed by atoms with Gasteiger partial charge in [-0.05, 0) is 135 Å². The van der Waals surface area contributed by atoms with E-state index in [1.54, 1.807) is 25.5 Å². The van der Waals surface area contributed by atoms with Crippen LogP contribution in [0.15, 0.2) is 66.7 Å². The van der Waals surface area contributed by atoms with Crippen LogP contribution in [0.3, 0.4) is 0 Å². The predicted molar refractivity (Wildman–Crippen MR) is 282 cm³/mol. The van der Waals surface area contributed by atoms with E-state index < -0.39 is 0 Å². The van der Waals surface area contributed by atoms with Crippen molar-refractivity contribution in [2.45, 2.75) is 121 Å². The molecule has 10 heteroatoms. The number of piperidine rings is 4. The summed E-state index contributed by atoms with van der Waals surface area (Å²) in [6.45, 7) is 11.4. The van der Waals surface area contributed by atoms with E-state index >= 15 is 0 Å². The summed E-state index contributed by atoms with van der Waals surface area (Å²) in [5.74, 6) is 2.38. The number of likely N-dealkylation sites (N-methyl/N-ethyl adjacent to an activating group) is 2. The van der Waals surface area contributed by atoms with Gasteiger partial charge in [-0.15, -0.1) is 0 Å². The predicted octanol–water partition coefficient (Wildman–Crippen LogP) is 10.5. The van der Waals surface area contributed by atoms with Crippen LogP contribution >= 0.6 is 0 Å². The average molecular weight is 957 g/mol. The first-order valence-corrected chi connectivity index (χ1v) is 27.8. The molecular formula is C61H76N6O4. The van der Waals surface area contributed by atoms with Gasteiger partial charge >= 0.3 is 11.9 Å². The van der Waals surface area contributed by atoms with Gasteiger partial charge in [0.2, 0.25) is 0 Å². The summed E-state index contributed by atoms with van der Waals surface area (Å²) in [6, 6.07) is 26.1. The van der Waals surface area contributed by atoms with Crippen molar-refractivity contribution in [2.24, 2.45) is 47.3 Å². The van der Waals surface area contributed by atoms with Crippen LogP contribution < -0.4 is 0 Å². The third-order valence-electron chi connectivity index (χ3n) is 20.8. The van der Waals surface area contributed by atoms with Gasteiger partial charge in [0.15, 0.2) is 0 Å². The van der Waals surface area contributed by atoms with Crippen molar-refractivity contribution < 1.29 is 19.1 Å². The number of nitrogens with zero attached hydrogens (tertiary/aromatic N) is 4. The van der Waals surface area contributed by atoms with Crippen LogP contribution in [0.1, 0.15) is 123 Å². The van der Waals surface area contributed by atoms with Gasteiger partial charge in [0.05, 0.1) is 32.1 Å². The maximum atomic E-state index is 14.5. The zero-order valence-corrected chi connectivity index (χ0v) is 43.3. The zero-order valence-electron chi connectivity index (χ0n) is 43.3. The Morgan fingerprint density at radius 3 is 1.86 bits per heavy atom. The van der Waals surface area contributed by atoms with E-state index in [1.165, 1.54) is 86.6 Å². The van der Waals surface area contributed by atoms with E-state index in [4.69, 9.17) is 9.47 Å². The van der Waals surface area contributed by atoms with Crippen LogP contribution in [0.5, 0.6) is 0 Å². The number of nitrogens with one attached hydrogen (secondary N) is 2. The number of hydrogen-bond acceptors (Lipinski definition) is 7. The number of fused-ring (bicyclic) bond motifs is 14. The molecule has 3 aromatic heterocycles. The molecule has 4 saturated heterocycles. The minimum absolute atomic E-state index is 0.00895. The van der Waals surface area contributed by atoms with Gasteiger partial charge in [-0.1, -0.05) is 88.6 Å². The summed E-state index contributed by atoms with van der Waals surface area (Å²) in [5.41, 5.74) is 13.5. The van der Waals surface area contributed by atoms with Gasteiger partial charge in [-0.25, -0.2) is 0 Å². The lowest BCUT2D eigenvalue weighted by atomic mass is 9.64. The zero-order chi connectivity index (χ0) is 48.6. The molecule has 1 unspecified atom stereocenters. The maximum absolute atomic E-state index is 14.5. The number of esters is 2. The van der Waals surface area contributed by atoms with Gasteiger partial charge in [0, 0.05) is 106 Å². The topological polar surface area (TPSA) is 98.8 Å². The Bertz CT molecular complexity index is 3040. The first-order valence-electron chi connectivity index (χ1n) is 27.8. The smallest absolute Gasteiger partial charge is 0.310 e. The van der Waals surface area contributed by atoms with Crippen LogP contribution in [0, 0.1) is 47.3 Å². The largest absolute Gasteiger partial charge is 0.469 e. The molecule has 15 atom stereocenters. The molecular weight excluding hydrogens is 881 g/mol. The molecule has 1 saturated carbocycles. The molecule has 71 heavy (non-hydrogen) atoms. The maximum Gasteiger partial charge on any atom is 0.310 e. The Morgan fingerprint density at radius 1 is 0.648 bits per heavy atom. The molecule has 2 N–H and O–H groups in total. The van der Waals surface area contributed by atoms with Crippen molar-refractivity contribution in [3.8, 4) is 0 Å². The summed E-state index contributed by atoms with van der Waals surface area (Å²) >= 11 is 0. The second-order valence-corrected chi connectivity index (χ2v) is 23.7. The van der Waals surface area contributed by atoms with Crippen LogP contribution in [0.4, 0.5) is 0 Å². The van der Waals surface area contributed by atoms with Crippen LogP contribution in [0.2, 0.25) is 0 Å². The van der Waals surface area contributed by atoms with Gasteiger partial charge in [0.25, 0.3) is 0 Å². The van der Waals surface area contributed by atoms with Crippen molar-refractivity contribution in [1.29, 1.82) is 0 Å². The Labute approximate surface area is 420 Å². The highest BCUT2D eigenvalue weighted by molar-refractivity contribution is 5.90. The number of rotatable bonds is 7. The lowest BCUT2D eigenvalue weighted by Crippen LogP contribution is -2.57. The molecule has 8 aliphatic rings. The van der Waals surface area contributed by atoms with Crippen molar-refractivity contribution in [1.82, 2.24) is 29.2 Å². The number of H-pyrrole nitrogens is 2. The fourth-order valence-corrected chi connectivity index (χ4v) is 17.7. The van der Waals surface area contributed by atoms with E-state index in [-0.39, 0.29) is 59.7 Å². The fraction of sp³-hybridized carbons (Fsp3) is 0.574.